The Labute approximate surface area is 243 Å². The molecule has 2 amide bonds. The molecule has 0 aromatic heterocycles. The molecule has 13 N–H and O–H groups in total. The maximum Gasteiger partial charge on any atom is 0.309 e. The number of amides is 2. The number of unbranched alkanes of at least 4 members (excludes halogenated alkanes) is 1. The van der Waals surface area contributed by atoms with Gasteiger partial charge in [0.25, 0.3) is 0 Å². The number of nitrogens with zero attached hydrogens (tertiary/aromatic N) is 1. The Kier molecular flexibility index (Phi) is 62.0. The highest BCUT2D eigenvalue weighted by Crippen LogP contribution is 1.88. The lowest BCUT2D eigenvalue weighted by Crippen LogP contribution is -2.32. The van der Waals surface area contributed by atoms with E-state index in [0.717, 1.165) is 19.4 Å². The van der Waals surface area contributed by atoms with Crippen LogP contribution in [0.1, 0.15) is 19.8 Å². The van der Waals surface area contributed by atoms with Gasteiger partial charge in [0.2, 0.25) is 0 Å². The molecule has 0 unspecified atom stereocenters. The molecule has 0 radical (unpaired) electrons. The minimum Gasteiger partial charge on any atom is -0.395 e. The largest absolute Gasteiger partial charge is 0.395 e. The summed E-state index contributed by atoms with van der Waals surface area (Å²) in [5.41, 5.74) is 8.50. The van der Waals surface area contributed by atoms with Crippen molar-refractivity contribution in [3.05, 3.63) is 0 Å². The molecule has 0 aliphatic heterocycles. The van der Waals surface area contributed by atoms with E-state index in [4.69, 9.17) is 65.0 Å². The van der Waals surface area contributed by atoms with Crippen molar-refractivity contribution in [3.63, 3.8) is 0 Å². The van der Waals surface area contributed by atoms with Gasteiger partial charge in [-0.05, 0) is 6.42 Å². The zero-order chi connectivity index (χ0) is 32.4. The van der Waals surface area contributed by atoms with Crippen LogP contribution in [0.25, 0.3) is 0 Å². The minimum absolute atomic E-state index is 0.0278. The van der Waals surface area contributed by atoms with Crippen molar-refractivity contribution in [1.82, 2.24) is 4.90 Å². The first-order valence-electron chi connectivity index (χ1n) is 13.4. The van der Waals surface area contributed by atoms with Gasteiger partial charge < -0.3 is 76.4 Å². The Morgan fingerprint density at radius 2 is 0.878 bits per heavy atom. The Balaban J connectivity index is -0.000000141. The van der Waals surface area contributed by atoms with Crippen LogP contribution in [0.5, 0.6) is 0 Å². The van der Waals surface area contributed by atoms with Crippen molar-refractivity contribution in [3.8, 4) is 0 Å². The van der Waals surface area contributed by atoms with E-state index in [-0.39, 0.29) is 52.9 Å². The Hall–Kier alpha value is -1.29. The molecule has 0 rings (SSSR count). The standard InChI is InChI=1S/C10H22O4.C6H15NO3.C4H10O3.C3H8O3.CH4N2O/c1-2-3-5-12-7-9-14-10-8-13-6-4-11;8-4-1-7(2-5-9)3-6-10;5-1-3-7-4-2-6;4-1-3(6)2-5;2-1(3)4/h11H,2-10H2,1H3;8-10H,1-6H2;5-6H,1-4H2;3-6H,1-2H2;(H4,2,3,4). The summed E-state index contributed by atoms with van der Waals surface area (Å²) in [6.07, 6.45) is 1.32. The molecule has 0 fully saturated rings. The number of urea groups is 1. The zero-order valence-electron chi connectivity index (χ0n) is 24.6. The molecule has 0 spiro atoms. The molecule has 0 aliphatic rings. The average molecular weight is 614 g/mol. The quantitative estimate of drug-likeness (QED) is 0.0484. The van der Waals surface area contributed by atoms with Gasteiger partial charge in [-0.1, -0.05) is 13.3 Å². The molecule has 254 valence electrons. The number of nitrogens with two attached hydrogens (primary N) is 2. The summed E-state index contributed by atoms with van der Waals surface area (Å²) in [6, 6.07) is -0.833. The first-order valence-corrected chi connectivity index (χ1v) is 13.4. The smallest absolute Gasteiger partial charge is 0.309 e. The number of carbonyl (C=O) groups excluding carboxylic acids is 1. The topological polar surface area (TPSA) is 291 Å². The summed E-state index contributed by atoms with van der Waals surface area (Å²) in [5.74, 6) is 0. The van der Waals surface area contributed by atoms with Crippen LogP contribution in [0.15, 0.2) is 0 Å². The van der Waals surface area contributed by atoms with Crippen molar-refractivity contribution in [2.75, 3.05) is 125 Å². The van der Waals surface area contributed by atoms with E-state index in [1.807, 2.05) is 0 Å². The molecule has 17 heteroatoms. The third-order valence-electron chi connectivity index (χ3n) is 3.76. The second-order valence-corrected chi connectivity index (χ2v) is 7.41. The maximum atomic E-state index is 9.00. The molecular formula is C24H59N3O14. The number of aliphatic hydroxyl groups excluding tert-OH is 9. The molecule has 0 bridgehead atoms. The van der Waals surface area contributed by atoms with Crippen LogP contribution in [0.3, 0.4) is 0 Å². The van der Waals surface area contributed by atoms with Crippen LogP contribution < -0.4 is 11.5 Å². The molecule has 0 heterocycles. The predicted octanol–water partition coefficient (Wildman–Crippen LogP) is -4.56. The summed E-state index contributed by atoms with van der Waals surface area (Å²) >= 11 is 0. The molecule has 0 aromatic carbocycles. The SMILES string of the molecule is CCCCOCCOCCOCCO.NC(N)=O.OCC(O)CO.OCCN(CCO)CCO.OCCOCCO. The Bertz CT molecular complexity index is 395. The van der Waals surface area contributed by atoms with Gasteiger partial charge in [0.05, 0.1) is 99.1 Å². The first-order chi connectivity index (χ1) is 19.7. The monoisotopic (exact) mass is 613 g/mol. The van der Waals surface area contributed by atoms with E-state index < -0.39 is 12.1 Å². The van der Waals surface area contributed by atoms with E-state index in [9.17, 15) is 0 Å². The van der Waals surface area contributed by atoms with Crippen molar-refractivity contribution in [2.45, 2.75) is 25.9 Å². The predicted molar refractivity (Wildman–Crippen MR) is 151 cm³/mol. The van der Waals surface area contributed by atoms with Gasteiger partial charge in [-0.2, -0.15) is 0 Å². The fraction of sp³-hybridized carbons (Fsp3) is 0.958. The van der Waals surface area contributed by atoms with Gasteiger partial charge in [0.15, 0.2) is 0 Å². The number of ether oxygens (including phenoxy) is 4. The molecular weight excluding hydrogens is 554 g/mol. The number of rotatable bonds is 23. The lowest BCUT2D eigenvalue weighted by Gasteiger charge is -2.17. The number of primary amides is 2. The summed E-state index contributed by atoms with van der Waals surface area (Å²) in [5, 5.41) is 74.0. The average Bonchev–Trinajstić information content (AvgIpc) is 2.95. The number of hydrogen-bond donors (Lipinski definition) is 11. The first kappa shape index (κ1) is 49.4. The van der Waals surface area contributed by atoms with Gasteiger partial charge in [0, 0.05) is 26.2 Å². The molecule has 0 aromatic rings. The summed E-state index contributed by atoms with van der Waals surface area (Å²) in [4.78, 5) is 10.8. The van der Waals surface area contributed by atoms with Crippen LogP contribution in [0, 0.1) is 0 Å². The molecule has 0 saturated carbocycles. The van der Waals surface area contributed by atoms with E-state index in [1.54, 1.807) is 4.90 Å². The van der Waals surface area contributed by atoms with Gasteiger partial charge in [-0.15, -0.1) is 0 Å². The molecule has 17 nitrogen and oxygen atoms in total. The highest BCUT2D eigenvalue weighted by atomic mass is 16.5. The lowest BCUT2D eigenvalue weighted by molar-refractivity contribution is 0.00735. The molecule has 0 saturated heterocycles. The van der Waals surface area contributed by atoms with E-state index in [2.05, 4.69) is 23.1 Å². The number of aliphatic hydroxyl groups is 9. The maximum absolute atomic E-state index is 9.00. The summed E-state index contributed by atoms with van der Waals surface area (Å²) in [7, 11) is 0. The number of hydrogen-bond acceptors (Lipinski definition) is 15. The van der Waals surface area contributed by atoms with Gasteiger partial charge in [0.1, 0.15) is 6.10 Å². The van der Waals surface area contributed by atoms with Gasteiger partial charge in [-0.3, -0.25) is 4.90 Å². The third-order valence-corrected chi connectivity index (χ3v) is 3.76. The third kappa shape index (κ3) is 73.1. The lowest BCUT2D eigenvalue weighted by atomic mass is 10.4. The Morgan fingerprint density at radius 1 is 0.585 bits per heavy atom. The van der Waals surface area contributed by atoms with Crippen LogP contribution in [0.2, 0.25) is 0 Å². The normalized spacial score (nSPS) is 9.95. The van der Waals surface area contributed by atoms with Crippen molar-refractivity contribution >= 4 is 6.03 Å². The highest BCUT2D eigenvalue weighted by molar-refractivity contribution is 5.69. The summed E-state index contributed by atoms with van der Waals surface area (Å²) < 4.78 is 20.2. The molecule has 0 aliphatic carbocycles. The number of carbonyl (C=O) groups is 1. The summed E-state index contributed by atoms with van der Waals surface area (Å²) in [6.45, 7) is 7.51. The van der Waals surface area contributed by atoms with Crippen molar-refractivity contribution in [1.29, 1.82) is 0 Å². The fourth-order valence-electron chi connectivity index (χ4n) is 1.90. The van der Waals surface area contributed by atoms with Crippen LogP contribution in [-0.2, 0) is 18.9 Å². The zero-order valence-corrected chi connectivity index (χ0v) is 24.6. The van der Waals surface area contributed by atoms with Gasteiger partial charge in [-0.25, -0.2) is 4.79 Å². The highest BCUT2D eigenvalue weighted by Gasteiger charge is 2.00. The van der Waals surface area contributed by atoms with Crippen LogP contribution in [-0.4, -0.2) is 188 Å². The van der Waals surface area contributed by atoms with Gasteiger partial charge >= 0.3 is 6.03 Å². The van der Waals surface area contributed by atoms with E-state index in [0.29, 0.717) is 65.9 Å². The second kappa shape index (κ2) is 51.4. The Morgan fingerprint density at radius 3 is 1.12 bits per heavy atom. The fourth-order valence-corrected chi connectivity index (χ4v) is 1.90. The van der Waals surface area contributed by atoms with E-state index >= 15 is 0 Å². The molecule has 41 heavy (non-hydrogen) atoms. The molecule has 0 atom stereocenters. The van der Waals surface area contributed by atoms with E-state index in [1.165, 1.54) is 0 Å². The van der Waals surface area contributed by atoms with Crippen LogP contribution in [0.4, 0.5) is 4.79 Å². The van der Waals surface area contributed by atoms with Crippen LogP contribution >= 0.6 is 0 Å². The van der Waals surface area contributed by atoms with Crippen molar-refractivity contribution in [2.24, 2.45) is 11.5 Å². The second-order valence-electron chi connectivity index (χ2n) is 7.41. The van der Waals surface area contributed by atoms with Crippen molar-refractivity contribution < 1.29 is 69.7 Å². The minimum atomic E-state index is -0.954.